The molecule has 1 atom stereocenters. The highest BCUT2D eigenvalue weighted by atomic mass is 32.1. The molecule has 1 aliphatic heterocycles. The van der Waals surface area contributed by atoms with Crippen LogP contribution in [0.4, 0.5) is 0 Å². The smallest absolute Gasteiger partial charge is 0.259 e. The average Bonchev–Trinajstić information content (AvgIpc) is 3.30. The fourth-order valence-corrected chi connectivity index (χ4v) is 5.51. The first kappa shape index (κ1) is 14.4. The zero-order valence-corrected chi connectivity index (χ0v) is 14.3. The minimum atomic E-state index is 0.0463. The summed E-state index contributed by atoms with van der Waals surface area (Å²) in [6, 6.07) is 4.59. The van der Waals surface area contributed by atoms with Gasteiger partial charge in [0, 0.05) is 16.8 Å². The minimum Gasteiger partial charge on any atom is -0.364 e. The van der Waals surface area contributed by atoms with Crippen molar-refractivity contribution in [3.8, 4) is 0 Å². The number of likely N-dealkylation sites (tertiary alicyclic amines) is 1. The molecule has 0 aromatic carbocycles. The van der Waals surface area contributed by atoms with Gasteiger partial charge in [0.1, 0.15) is 10.7 Å². The molecule has 1 fully saturated rings. The van der Waals surface area contributed by atoms with Crippen molar-refractivity contribution in [3.05, 3.63) is 50.6 Å². The van der Waals surface area contributed by atoms with Crippen LogP contribution in [-0.2, 0) is 19.4 Å². The Hall–Kier alpha value is -1.92. The summed E-state index contributed by atoms with van der Waals surface area (Å²) in [4.78, 5) is 28.5. The van der Waals surface area contributed by atoms with E-state index < -0.39 is 0 Å². The molecule has 1 unspecified atom stereocenters. The topological polar surface area (TPSA) is 64.8 Å². The maximum atomic E-state index is 12.6. The van der Waals surface area contributed by atoms with Gasteiger partial charge in [-0.1, -0.05) is 0 Å². The lowest BCUT2D eigenvalue weighted by atomic mass is 10.1. The number of H-pyrrole nitrogens is 2. The van der Waals surface area contributed by atoms with Crippen LogP contribution in [0.5, 0.6) is 0 Å². The molecule has 6 heteroatoms. The highest BCUT2D eigenvalue weighted by Gasteiger charge is 2.28. The van der Waals surface area contributed by atoms with E-state index in [9.17, 15) is 4.79 Å². The van der Waals surface area contributed by atoms with Gasteiger partial charge in [-0.15, -0.1) is 11.3 Å². The van der Waals surface area contributed by atoms with Gasteiger partial charge in [-0.2, -0.15) is 0 Å². The van der Waals surface area contributed by atoms with E-state index in [1.165, 1.54) is 29.0 Å². The first-order valence-electron chi connectivity index (χ1n) is 8.70. The van der Waals surface area contributed by atoms with Gasteiger partial charge in [0.05, 0.1) is 18.0 Å². The number of rotatable bonds is 3. The van der Waals surface area contributed by atoms with Crippen molar-refractivity contribution >= 4 is 21.6 Å². The summed E-state index contributed by atoms with van der Waals surface area (Å²) >= 11 is 1.72. The monoisotopic (exact) mass is 340 g/mol. The molecular formula is C18H20N4OS. The van der Waals surface area contributed by atoms with Crippen LogP contribution in [0.2, 0.25) is 0 Å². The summed E-state index contributed by atoms with van der Waals surface area (Å²) in [7, 11) is 0. The van der Waals surface area contributed by atoms with E-state index in [0.29, 0.717) is 12.6 Å². The van der Waals surface area contributed by atoms with Crippen LogP contribution in [0.3, 0.4) is 0 Å². The van der Waals surface area contributed by atoms with Gasteiger partial charge in [-0.05, 0) is 56.3 Å². The summed E-state index contributed by atoms with van der Waals surface area (Å²) in [5.41, 5.74) is 2.55. The Balaban J connectivity index is 1.48. The second-order valence-corrected chi connectivity index (χ2v) is 7.89. The summed E-state index contributed by atoms with van der Waals surface area (Å²) in [6.45, 7) is 1.75. The second-order valence-electron chi connectivity index (χ2n) is 6.80. The van der Waals surface area contributed by atoms with Gasteiger partial charge in [0.2, 0.25) is 0 Å². The van der Waals surface area contributed by atoms with Crippen molar-refractivity contribution in [1.82, 2.24) is 19.9 Å². The quantitative estimate of drug-likeness (QED) is 0.770. The highest BCUT2D eigenvalue weighted by Crippen LogP contribution is 2.35. The molecule has 0 radical (unpaired) electrons. The Morgan fingerprint density at radius 1 is 1.33 bits per heavy atom. The molecular weight excluding hydrogens is 320 g/mol. The molecule has 5 rings (SSSR count). The summed E-state index contributed by atoms with van der Waals surface area (Å²) in [5, 5.41) is 0.846. The molecule has 124 valence electrons. The van der Waals surface area contributed by atoms with Crippen LogP contribution in [0.15, 0.2) is 23.1 Å². The van der Waals surface area contributed by atoms with E-state index in [1.54, 1.807) is 11.3 Å². The normalized spacial score (nSPS) is 20.9. The molecule has 5 nitrogen and oxygen atoms in total. The van der Waals surface area contributed by atoms with E-state index >= 15 is 0 Å². The lowest BCUT2D eigenvalue weighted by Crippen LogP contribution is -2.25. The largest absolute Gasteiger partial charge is 0.364 e. The first-order valence-corrected chi connectivity index (χ1v) is 9.52. The number of hydrogen-bond donors (Lipinski definition) is 2. The third-order valence-electron chi connectivity index (χ3n) is 5.32. The zero-order valence-electron chi connectivity index (χ0n) is 13.5. The molecule has 0 saturated carbocycles. The Kier molecular flexibility index (Phi) is 3.35. The van der Waals surface area contributed by atoms with Gasteiger partial charge < -0.3 is 9.97 Å². The second kappa shape index (κ2) is 5.57. The third kappa shape index (κ3) is 2.24. The van der Waals surface area contributed by atoms with Crippen molar-refractivity contribution < 1.29 is 0 Å². The van der Waals surface area contributed by atoms with Crippen molar-refractivity contribution in [2.75, 3.05) is 6.54 Å². The van der Waals surface area contributed by atoms with Crippen LogP contribution in [0.25, 0.3) is 10.2 Å². The van der Waals surface area contributed by atoms with E-state index in [-0.39, 0.29) is 5.56 Å². The SMILES string of the molecule is O=c1[nH]c(CN2CCCC2c2ccc[nH]2)nc2sc3c(c12)CCC3. The Labute approximate surface area is 143 Å². The van der Waals surface area contributed by atoms with Crippen molar-refractivity contribution in [3.63, 3.8) is 0 Å². The van der Waals surface area contributed by atoms with Crippen LogP contribution in [0, 0.1) is 0 Å². The van der Waals surface area contributed by atoms with Crippen LogP contribution in [0.1, 0.15) is 47.3 Å². The molecule has 0 spiro atoms. The molecule has 1 saturated heterocycles. The number of aryl methyl sites for hydroxylation is 2. The summed E-state index contributed by atoms with van der Waals surface area (Å²) in [5.74, 6) is 0.797. The highest BCUT2D eigenvalue weighted by molar-refractivity contribution is 7.18. The number of fused-ring (bicyclic) bond motifs is 3. The zero-order chi connectivity index (χ0) is 16.1. The maximum Gasteiger partial charge on any atom is 0.259 e. The molecule has 3 aromatic heterocycles. The average molecular weight is 340 g/mol. The van der Waals surface area contributed by atoms with Gasteiger partial charge in [-0.25, -0.2) is 4.98 Å². The van der Waals surface area contributed by atoms with E-state index in [0.717, 1.165) is 41.8 Å². The maximum absolute atomic E-state index is 12.6. The summed E-state index contributed by atoms with van der Waals surface area (Å²) in [6.07, 6.45) is 7.62. The standard InChI is InChI=1S/C18H20N4OS/c23-17-16-11-4-1-7-14(11)24-18(16)21-15(20-17)10-22-9-3-6-13(22)12-5-2-8-19-12/h2,5,8,13,19H,1,3-4,6-7,9-10H2,(H,20,21,23). The fourth-order valence-electron chi connectivity index (χ4n) is 4.23. The summed E-state index contributed by atoms with van der Waals surface area (Å²) < 4.78 is 0. The van der Waals surface area contributed by atoms with Gasteiger partial charge in [-0.3, -0.25) is 9.69 Å². The molecule has 0 bridgehead atoms. The number of nitrogens with one attached hydrogen (secondary N) is 2. The molecule has 3 aromatic rings. The Morgan fingerprint density at radius 2 is 2.29 bits per heavy atom. The molecule has 24 heavy (non-hydrogen) atoms. The van der Waals surface area contributed by atoms with Crippen molar-refractivity contribution in [1.29, 1.82) is 0 Å². The number of aromatic nitrogens is 3. The number of hydrogen-bond acceptors (Lipinski definition) is 4. The van der Waals surface area contributed by atoms with Crippen molar-refractivity contribution in [2.24, 2.45) is 0 Å². The number of aromatic amines is 2. The lowest BCUT2D eigenvalue weighted by molar-refractivity contribution is 0.239. The Morgan fingerprint density at radius 3 is 3.17 bits per heavy atom. The predicted octanol–water partition coefficient (Wildman–Crippen LogP) is 3.14. The number of thiophene rings is 1. The molecule has 4 heterocycles. The molecule has 0 amide bonds. The van der Waals surface area contributed by atoms with Crippen LogP contribution < -0.4 is 5.56 Å². The Bertz CT molecular complexity index is 940. The van der Waals surface area contributed by atoms with Crippen molar-refractivity contribution in [2.45, 2.75) is 44.7 Å². The number of nitrogens with zero attached hydrogens (tertiary/aromatic N) is 2. The molecule has 1 aliphatic carbocycles. The van der Waals surface area contributed by atoms with Crippen LogP contribution >= 0.6 is 11.3 Å². The van der Waals surface area contributed by atoms with Gasteiger partial charge in [0.15, 0.2) is 0 Å². The molecule has 2 aliphatic rings. The van der Waals surface area contributed by atoms with Gasteiger partial charge >= 0.3 is 0 Å². The minimum absolute atomic E-state index is 0.0463. The van der Waals surface area contributed by atoms with Crippen LogP contribution in [-0.4, -0.2) is 26.4 Å². The fraction of sp³-hybridized carbons (Fsp3) is 0.444. The van der Waals surface area contributed by atoms with E-state index in [2.05, 4.69) is 20.9 Å². The lowest BCUT2D eigenvalue weighted by Gasteiger charge is -2.23. The van der Waals surface area contributed by atoms with E-state index in [4.69, 9.17) is 4.98 Å². The predicted molar refractivity (Wildman–Crippen MR) is 95.4 cm³/mol. The first-order chi connectivity index (χ1) is 11.8. The molecule has 2 N–H and O–H groups in total. The van der Waals surface area contributed by atoms with Gasteiger partial charge in [0.25, 0.3) is 5.56 Å². The van der Waals surface area contributed by atoms with E-state index in [1.807, 2.05) is 12.3 Å². The third-order valence-corrected chi connectivity index (χ3v) is 6.51.